The number of hydrogen-bond acceptors (Lipinski definition) is 5. The molecule has 0 spiro atoms. The Balaban J connectivity index is 2.50. The number of nitriles is 1. The molecule has 1 amide bonds. The zero-order chi connectivity index (χ0) is 12.0. The van der Waals surface area contributed by atoms with Gasteiger partial charge in [0.25, 0.3) is 0 Å². The van der Waals surface area contributed by atoms with E-state index in [2.05, 4.69) is 15.3 Å². The van der Waals surface area contributed by atoms with Crippen molar-refractivity contribution in [2.45, 2.75) is 19.8 Å². The van der Waals surface area contributed by atoms with Crippen LogP contribution in [0.4, 0.5) is 5.82 Å². The fraction of sp³-hybridized carbons (Fsp3) is 0.300. The van der Waals surface area contributed by atoms with Crippen LogP contribution in [0, 0.1) is 11.3 Å². The lowest BCUT2D eigenvalue weighted by atomic mass is 10.2. The number of hydrogen-bond donors (Lipinski definition) is 1. The van der Waals surface area contributed by atoms with Crippen molar-refractivity contribution < 1.29 is 9.59 Å². The van der Waals surface area contributed by atoms with E-state index in [0.29, 0.717) is 0 Å². The Morgan fingerprint density at radius 2 is 2.12 bits per heavy atom. The molecule has 1 N–H and O–H groups in total. The van der Waals surface area contributed by atoms with E-state index in [1.54, 1.807) is 0 Å². The molecular weight excluding hydrogens is 208 g/mol. The first-order chi connectivity index (χ1) is 7.61. The van der Waals surface area contributed by atoms with E-state index in [4.69, 9.17) is 5.26 Å². The number of aromatic nitrogens is 2. The third-order valence-corrected chi connectivity index (χ3v) is 1.74. The highest BCUT2D eigenvalue weighted by molar-refractivity contribution is 5.92. The SMILES string of the molecule is CC(=O)CCC(=O)Nc1cnc(C#N)cn1. The van der Waals surface area contributed by atoms with Gasteiger partial charge in [-0.2, -0.15) is 5.26 Å². The van der Waals surface area contributed by atoms with Gasteiger partial charge in [0.2, 0.25) is 5.91 Å². The number of rotatable bonds is 4. The quantitative estimate of drug-likeness (QED) is 0.800. The fourth-order valence-electron chi connectivity index (χ4n) is 0.945. The number of carbonyl (C=O) groups excluding carboxylic acids is 2. The lowest BCUT2D eigenvalue weighted by molar-refractivity contribution is -0.121. The van der Waals surface area contributed by atoms with Crippen molar-refractivity contribution in [1.82, 2.24) is 9.97 Å². The van der Waals surface area contributed by atoms with Crippen LogP contribution in [-0.4, -0.2) is 21.7 Å². The Labute approximate surface area is 92.3 Å². The van der Waals surface area contributed by atoms with Crippen LogP contribution in [-0.2, 0) is 9.59 Å². The molecule has 0 atom stereocenters. The van der Waals surface area contributed by atoms with Crippen molar-refractivity contribution in [1.29, 1.82) is 5.26 Å². The van der Waals surface area contributed by atoms with Crippen LogP contribution in [0.1, 0.15) is 25.5 Å². The van der Waals surface area contributed by atoms with E-state index in [9.17, 15) is 9.59 Å². The van der Waals surface area contributed by atoms with Gasteiger partial charge in [0, 0.05) is 12.8 Å². The molecule has 0 saturated heterocycles. The Bertz CT molecular complexity index is 433. The zero-order valence-corrected chi connectivity index (χ0v) is 8.73. The van der Waals surface area contributed by atoms with Gasteiger partial charge < -0.3 is 10.1 Å². The van der Waals surface area contributed by atoms with Gasteiger partial charge in [0.05, 0.1) is 12.4 Å². The number of amides is 1. The van der Waals surface area contributed by atoms with Crippen LogP contribution in [0.25, 0.3) is 0 Å². The average molecular weight is 218 g/mol. The minimum atomic E-state index is -0.297. The van der Waals surface area contributed by atoms with Crippen LogP contribution < -0.4 is 5.32 Å². The van der Waals surface area contributed by atoms with Gasteiger partial charge in [0.15, 0.2) is 11.5 Å². The van der Waals surface area contributed by atoms with E-state index >= 15 is 0 Å². The Morgan fingerprint density at radius 1 is 1.38 bits per heavy atom. The summed E-state index contributed by atoms with van der Waals surface area (Å²) in [7, 11) is 0. The maximum atomic E-state index is 11.3. The second kappa shape index (κ2) is 5.56. The van der Waals surface area contributed by atoms with Crippen molar-refractivity contribution in [3.05, 3.63) is 18.1 Å². The molecule has 0 unspecified atom stereocenters. The molecule has 82 valence electrons. The predicted molar refractivity (Wildman–Crippen MR) is 55.3 cm³/mol. The first-order valence-corrected chi connectivity index (χ1v) is 4.63. The fourth-order valence-corrected chi connectivity index (χ4v) is 0.945. The number of nitrogens with zero attached hydrogens (tertiary/aromatic N) is 3. The standard InChI is InChI=1S/C10H10N4O2/c1-7(15)2-3-10(16)14-9-6-12-8(4-11)5-13-9/h5-6H,2-3H2,1H3,(H,13,14,16). The molecule has 0 saturated carbocycles. The van der Waals surface area contributed by atoms with Gasteiger partial charge in [-0.25, -0.2) is 9.97 Å². The Hall–Kier alpha value is -2.29. The van der Waals surface area contributed by atoms with Crippen LogP contribution >= 0.6 is 0 Å². The van der Waals surface area contributed by atoms with E-state index < -0.39 is 0 Å². The highest BCUT2D eigenvalue weighted by Gasteiger charge is 2.05. The van der Waals surface area contributed by atoms with Gasteiger partial charge in [-0.3, -0.25) is 4.79 Å². The molecule has 6 heteroatoms. The van der Waals surface area contributed by atoms with E-state index in [0.717, 1.165) is 0 Å². The van der Waals surface area contributed by atoms with E-state index in [1.165, 1.54) is 19.3 Å². The van der Waals surface area contributed by atoms with Crippen molar-refractivity contribution in [3.63, 3.8) is 0 Å². The minimum absolute atomic E-state index is 0.0407. The summed E-state index contributed by atoms with van der Waals surface area (Å²) in [5.74, 6) is -0.0668. The second-order valence-corrected chi connectivity index (χ2v) is 3.15. The van der Waals surface area contributed by atoms with Crippen molar-refractivity contribution in [3.8, 4) is 6.07 Å². The summed E-state index contributed by atoms with van der Waals surface area (Å²) in [5, 5.41) is 11.0. The smallest absolute Gasteiger partial charge is 0.226 e. The average Bonchev–Trinajstić information content (AvgIpc) is 2.27. The largest absolute Gasteiger partial charge is 0.309 e. The molecule has 0 aliphatic rings. The molecule has 0 aliphatic carbocycles. The number of Topliss-reactive ketones (excluding diaryl/α,β-unsaturated/α-hetero) is 1. The summed E-state index contributed by atoms with van der Waals surface area (Å²) in [6.07, 6.45) is 2.89. The normalized spacial score (nSPS) is 9.25. The monoisotopic (exact) mass is 218 g/mol. The molecule has 0 aromatic carbocycles. The predicted octanol–water partition coefficient (Wildman–Crippen LogP) is 0.656. The maximum Gasteiger partial charge on any atom is 0.226 e. The molecule has 0 bridgehead atoms. The molecule has 0 radical (unpaired) electrons. The maximum absolute atomic E-state index is 11.3. The molecular formula is C10H10N4O2. The highest BCUT2D eigenvalue weighted by atomic mass is 16.2. The number of ketones is 1. The summed E-state index contributed by atoms with van der Waals surface area (Å²) in [6, 6.07) is 1.82. The first kappa shape index (κ1) is 11.8. The van der Waals surface area contributed by atoms with Gasteiger partial charge in [-0.05, 0) is 6.92 Å². The molecule has 1 rings (SSSR count). The molecule has 1 aromatic heterocycles. The summed E-state index contributed by atoms with van der Waals surface area (Å²) in [5.41, 5.74) is 0.182. The third-order valence-electron chi connectivity index (χ3n) is 1.74. The van der Waals surface area contributed by atoms with Gasteiger partial charge in [-0.15, -0.1) is 0 Å². The van der Waals surface area contributed by atoms with E-state index in [-0.39, 0.29) is 36.0 Å². The molecule has 16 heavy (non-hydrogen) atoms. The third kappa shape index (κ3) is 3.84. The summed E-state index contributed by atoms with van der Waals surface area (Å²) >= 11 is 0. The summed E-state index contributed by atoms with van der Waals surface area (Å²) in [6.45, 7) is 1.43. The Kier molecular flexibility index (Phi) is 4.09. The molecule has 1 aromatic rings. The zero-order valence-electron chi connectivity index (χ0n) is 8.73. The number of anilines is 1. The topological polar surface area (TPSA) is 95.7 Å². The lowest BCUT2D eigenvalue weighted by Crippen LogP contribution is -2.13. The van der Waals surface area contributed by atoms with Gasteiger partial charge >= 0.3 is 0 Å². The summed E-state index contributed by atoms with van der Waals surface area (Å²) in [4.78, 5) is 29.5. The molecule has 1 heterocycles. The highest BCUT2D eigenvalue weighted by Crippen LogP contribution is 2.02. The summed E-state index contributed by atoms with van der Waals surface area (Å²) < 4.78 is 0. The Morgan fingerprint density at radius 3 is 2.62 bits per heavy atom. The lowest BCUT2D eigenvalue weighted by Gasteiger charge is -2.02. The van der Waals surface area contributed by atoms with E-state index in [1.807, 2.05) is 6.07 Å². The van der Waals surface area contributed by atoms with Crippen molar-refractivity contribution >= 4 is 17.5 Å². The molecule has 6 nitrogen and oxygen atoms in total. The van der Waals surface area contributed by atoms with Gasteiger partial charge in [0.1, 0.15) is 11.9 Å². The van der Waals surface area contributed by atoms with Crippen LogP contribution in [0.5, 0.6) is 0 Å². The first-order valence-electron chi connectivity index (χ1n) is 4.63. The van der Waals surface area contributed by atoms with Crippen LogP contribution in [0.3, 0.4) is 0 Å². The number of carbonyl (C=O) groups is 2. The van der Waals surface area contributed by atoms with Crippen LogP contribution in [0.15, 0.2) is 12.4 Å². The second-order valence-electron chi connectivity index (χ2n) is 3.15. The van der Waals surface area contributed by atoms with Crippen molar-refractivity contribution in [2.24, 2.45) is 0 Å². The number of nitrogens with one attached hydrogen (secondary N) is 1. The minimum Gasteiger partial charge on any atom is -0.309 e. The molecule has 0 aliphatic heterocycles. The molecule has 0 fully saturated rings. The van der Waals surface area contributed by atoms with Gasteiger partial charge in [-0.1, -0.05) is 0 Å². The van der Waals surface area contributed by atoms with Crippen molar-refractivity contribution in [2.75, 3.05) is 5.32 Å². The van der Waals surface area contributed by atoms with Crippen LogP contribution in [0.2, 0.25) is 0 Å².